The van der Waals surface area contributed by atoms with Crippen molar-refractivity contribution in [3.8, 4) is 5.75 Å². The van der Waals surface area contributed by atoms with Crippen LogP contribution in [0.3, 0.4) is 0 Å². The first-order valence-electron chi connectivity index (χ1n) is 6.51. The lowest BCUT2D eigenvalue weighted by molar-refractivity contribution is 0.402. The van der Waals surface area contributed by atoms with Crippen LogP contribution >= 0.6 is 15.9 Å². The van der Waals surface area contributed by atoms with Gasteiger partial charge in [0.2, 0.25) is 0 Å². The molecule has 3 heteroatoms. The molecule has 0 spiro atoms. The van der Waals surface area contributed by atoms with Crippen LogP contribution in [0.1, 0.15) is 42.0 Å². The molecule has 1 saturated heterocycles. The van der Waals surface area contributed by atoms with Crippen LogP contribution in [0, 0.1) is 20.8 Å². The van der Waals surface area contributed by atoms with Gasteiger partial charge < -0.3 is 10.1 Å². The summed E-state index contributed by atoms with van der Waals surface area (Å²) < 4.78 is 6.62. The fourth-order valence-corrected chi connectivity index (χ4v) is 3.92. The van der Waals surface area contributed by atoms with Crippen molar-refractivity contribution < 1.29 is 4.74 Å². The van der Waals surface area contributed by atoms with E-state index in [0.717, 1.165) is 16.8 Å². The number of halogens is 1. The van der Waals surface area contributed by atoms with Crippen LogP contribution in [0.5, 0.6) is 5.75 Å². The van der Waals surface area contributed by atoms with Crippen LogP contribution in [-0.4, -0.2) is 13.7 Å². The SMILES string of the molecule is COc1c(C)c(C)c(C2(C)CCCN2)c(C)c1Br. The Morgan fingerprint density at radius 1 is 1.17 bits per heavy atom. The molecule has 100 valence electrons. The van der Waals surface area contributed by atoms with Crippen molar-refractivity contribution in [2.24, 2.45) is 0 Å². The Morgan fingerprint density at radius 2 is 1.83 bits per heavy atom. The topological polar surface area (TPSA) is 21.3 Å². The molecule has 1 aromatic rings. The Morgan fingerprint density at radius 3 is 2.33 bits per heavy atom. The van der Waals surface area contributed by atoms with Crippen molar-refractivity contribution in [3.05, 3.63) is 26.7 Å². The van der Waals surface area contributed by atoms with E-state index in [4.69, 9.17) is 4.74 Å². The Balaban J connectivity index is 2.68. The number of ether oxygens (including phenoxy) is 1. The maximum absolute atomic E-state index is 5.52. The fourth-order valence-electron chi connectivity index (χ4n) is 3.26. The van der Waals surface area contributed by atoms with E-state index in [0.29, 0.717) is 0 Å². The Kier molecular flexibility index (Phi) is 3.75. The summed E-state index contributed by atoms with van der Waals surface area (Å²) >= 11 is 3.69. The highest BCUT2D eigenvalue weighted by Gasteiger charge is 2.34. The van der Waals surface area contributed by atoms with Gasteiger partial charge in [-0.25, -0.2) is 0 Å². The van der Waals surface area contributed by atoms with Crippen molar-refractivity contribution in [1.29, 1.82) is 0 Å². The average Bonchev–Trinajstić information content (AvgIpc) is 2.75. The third-order valence-electron chi connectivity index (χ3n) is 4.31. The van der Waals surface area contributed by atoms with E-state index >= 15 is 0 Å². The molecule has 1 unspecified atom stereocenters. The quantitative estimate of drug-likeness (QED) is 0.892. The van der Waals surface area contributed by atoms with Gasteiger partial charge in [0, 0.05) is 5.54 Å². The standard InChI is InChI=1S/C15H22BrNO/c1-9-10(2)14(18-5)13(16)11(3)12(9)15(4)7-6-8-17-15/h17H,6-8H2,1-5H3. The molecule has 1 atom stereocenters. The van der Waals surface area contributed by atoms with E-state index in [-0.39, 0.29) is 5.54 Å². The minimum Gasteiger partial charge on any atom is -0.495 e. The van der Waals surface area contributed by atoms with Crippen molar-refractivity contribution in [1.82, 2.24) is 5.32 Å². The van der Waals surface area contributed by atoms with Gasteiger partial charge in [-0.3, -0.25) is 0 Å². The molecular weight excluding hydrogens is 290 g/mol. The molecule has 1 N–H and O–H groups in total. The molecule has 2 nitrogen and oxygen atoms in total. The maximum Gasteiger partial charge on any atom is 0.136 e. The van der Waals surface area contributed by atoms with Crippen LogP contribution in [0.4, 0.5) is 0 Å². The molecule has 0 aliphatic carbocycles. The second-order valence-electron chi connectivity index (χ2n) is 5.46. The molecule has 0 amide bonds. The molecule has 0 radical (unpaired) electrons. The maximum atomic E-state index is 5.52. The van der Waals surface area contributed by atoms with Crippen LogP contribution in [0.15, 0.2) is 4.47 Å². The van der Waals surface area contributed by atoms with Gasteiger partial charge in [0.1, 0.15) is 5.75 Å². The summed E-state index contributed by atoms with van der Waals surface area (Å²) in [4.78, 5) is 0. The van der Waals surface area contributed by atoms with Gasteiger partial charge in [-0.2, -0.15) is 0 Å². The van der Waals surface area contributed by atoms with Crippen LogP contribution in [0.25, 0.3) is 0 Å². The van der Waals surface area contributed by atoms with E-state index in [1.165, 1.54) is 35.1 Å². The number of benzene rings is 1. The highest BCUT2D eigenvalue weighted by atomic mass is 79.9. The van der Waals surface area contributed by atoms with Gasteiger partial charge in [-0.05, 0) is 85.3 Å². The summed E-state index contributed by atoms with van der Waals surface area (Å²) in [6.07, 6.45) is 2.45. The first-order chi connectivity index (χ1) is 8.42. The van der Waals surface area contributed by atoms with Gasteiger partial charge >= 0.3 is 0 Å². The molecule has 18 heavy (non-hydrogen) atoms. The molecule has 1 aliphatic heterocycles. The number of hydrogen-bond donors (Lipinski definition) is 1. The number of methoxy groups -OCH3 is 1. The summed E-state index contributed by atoms with van der Waals surface area (Å²) in [6, 6.07) is 0. The third-order valence-corrected chi connectivity index (χ3v) is 5.26. The lowest BCUT2D eigenvalue weighted by atomic mass is 9.82. The second kappa shape index (κ2) is 4.86. The Labute approximate surface area is 118 Å². The molecule has 1 fully saturated rings. The monoisotopic (exact) mass is 311 g/mol. The highest BCUT2D eigenvalue weighted by molar-refractivity contribution is 9.10. The van der Waals surface area contributed by atoms with Gasteiger partial charge in [-0.1, -0.05) is 0 Å². The Hall–Kier alpha value is -0.540. The lowest BCUT2D eigenvalue weighted by Crippen LogP contribution is -2.35. The average molecular weight is 312 g/mol. The van der Waals surface area contributed by atoms with Crippen molar-refractivity contribution >= 4 is 15.9 Å². The van der Waals surface area contributed by atoms with E-state index in [9.17, 15) is 0 Å². The predicted molar refractivity (Wildman–Crippen MR) is 79.5 cm³/mol. The minimum absolute atomic E-state index is 0.105. The zero-order chi connectivity index (χ0) is 13.5. The van der Waals surface area contributed by atoms with E-state index in [1.807, 2.05) is 0 Å². The molecule has 0 saturated carbocycles. The Bertz CT molecular complexity index is 447. The number of rotatable bonds is 2. The first kappa shape index (κ1) is 13.9. The smallest absolute Gasteiger partial charge is 0.136 e. The zero-order valence-electron chi connectivity index (χ0n) is 11.9. The van der Waals surface area contributed by atoms with E-state index in [2.05, 4.69) is 48.9 Å². The van der Waals surface area contributed by atoms with Crippen LogP contribution < -0.4 is 10.1 Å². The third kappa shape index (κ3) is 1.97. The minimum atomic E-state index is 0.105. The zero-order valence-corrected chi connectivity index (χ0v) is 13.5. The molecule has 1 aromatic carbocycles. The largest absolute Gasteiger partial charge is 0.495 e. The molecule has 1 heterocycles. The summed E-state index contributed by atoms with van der Waals surface area (Å²) in [5.41, 5.74) is 5.43. The van der Waals surface area contributed by atoms with E-state index in [1.54, 1.807) is 7.11 Å². The predicted octanol–water partition coefficient (Wildman–Crippen LogP) is 3.98. The lowest BCUT2D eigenvalue weighted by Gasteiger charge is -2.31. The summed E-state index contributed by atoms with van der Waals surface area (Å²) in [5.74, 6) is 0.968. The number of nitrogens with one attached hydrogen (secondary N) is 1. The molecule has 1 aliphatic rings. The number of hydrogen-bond acceptors (Lipinski definition) is 2. The van der Waals surface area contributed by atoms with Gasteiger partial charge in [0.15, 0.2) is 0 Å². The molecule has 0 bridgehead atoms. The van der Waals surface area contributed by atoms with Gasteiger partial charge in [-0.15, -0.1) is 0 Å². The summed E-state index contributed by atoms with van der Waals surface area (Å²) in [7, 11) is 1.74. The molecular formula is C15H22BrNO. The van der Waals surface area contributed by atoms with E-state index < -0.39 is 0 Å². The first-order valence-corrected chi connectivity index (χ1v) is 7.30. The van der Waals surface area contributed by atoms with Crippen molar-refractivity contribution in [3.63, 3.8) is 0 Å². The second-order valence-corrected chi connectivity index (χ2v) is 6.25. The molecule has 2 rings (SSSR count). The normalized spacial score (nSPS) is 23.4. The van der Waals surface area contributed by atoms with Crippen molar-refractivity contribution in [2.45, 2.75) is 46.1 Å². The summed E-state index contributed by atoms with van der Waals surface area (Å²) in [6.45, 7) is 9.95. The van der Waals surface area contributed by atoms with Gasteiger partial charge in [0.05, 0.1) is 11.6 Å². The fraction of sp³-hybridized carbons (Fsp3) is 0.600. The molecule has 0 aromatic heterocycles. The summed E-state index contributed by atoms with van der Waals surface area (Å²) in [5, 5.41) is 3.66. The van der Waals surface area contributed by atoms with Crippen molar-refractivity contribution in [2.75, 3.05) is 13.7 Å². The van der Waals surface area contributed by atoms with Crippen LogP contribution in [-0.2, 0) is 5.54 Å². The highest BCUT2D eigenvalue weighted by Crippen LogP contribution is 2.43. The van der Waals surface area contributed by atoms with Gasteiger partial charge in [0.25, 0.3) is 0 Å². The van der Waals surface area contributed by atoms with Crippen LogP contribution in [0.2, 0.25) is 0 Å².